The first kappa shape index (κ1) is 13.0. The van der Waals surface area contributed by atoms with Crippen molar-refractivity contribution in [1.82, 2.24) is 4.90 Å². The van der Waals surface area contributed by atoms with E-state index in [0.717, 1.165) is 24.9 Å². The molecular formula is C13H17ClN2. The van der Waals surface area contributed by atoms with E-state index in [0.29, 0.717) is 5.02 Å². The maximum absolute atomic E-state index is 9.19. The molecule has 1 atom stereocenters. The monoisotopic (exact) mass is 236 g/mol. The summed E-state index contributed by atoms with van der Waals surface area (Å²) in [5.74, 6) is 0. The molecule has 0 aliphatic heterocycles. The summed E-state index contributed by atoms with van der Waals surface area (Å²) in [7, 11) is 1.98. The minimum absolute atomic E-state index is 0.177. The first-order chi connectivity index (χ1) is 7.69. The van der Waals surface area contributed by atoms with Gasteiger partial charge in [0, 0.05) is 5.02 Å². The molecule has 0 saturated carbocycles. The van der Waals surface area contributed by atoms with Crippen LogP contribution in [0.2, 0.25) is 5.02 Å². The van der Waals surface area contributed by atoms with Gasteiger partial charge in [-0.3, -0.25) is 4.90 Å². The molecule has 1 unspecified atom stereocenters. The zero-order chi connectivity index (χ0) is 12.0. The maximum Gasteiger partial charge on any atom is 0.123 e. The third-order valence-electron chi connectivity index (χ3n) is 2.61. The molecule has 1 rings (SSSR count). The van der Waals surface area contributed by atoms with Gasteiger partial charge in [-0.15, -0.1) is 0 Å². The number of benzene rings is 1. The summed E-state index contributed by atoms with van der Waals surface area (Å²) in [5.41, 5.74) is 1.01. The van der Waals surface area contributed by atoms with E-state index in [1.165, 1.54) is 0 Å². The molecule has 2 nitrogen and oxygen atoms in total. The van der Waals surface area contributed by atoms with Crippen molar-refractivity contribution in [2.45, 2.75) is 25.8 Å². The standard InChI is InChI=1S/C13H17ClN2/c1-3-4-9-16(2)13(10-15)11-5-7-12(14)8-6-11/h5-8,13H,3-4,9H2,1-2H3. The molecule has 3 heteroatoms. The van der Waals surface area contributed by atoms with Crippen LogP contribution in [0.25, 0.3) is 0 Å². The van der Waals surface area contributed by atoms with Gasteiger partial charge in [-0.1, -0.05) is 37.1 Å². The Kier molecular flexibility index (Phi) is 5.31. The highest BCUT2D eigenvalue weighted by Crippen LogP contribution is 2.20. The zero-order valence-corrected chi connectivity index (χ0v) is 10.5. The van der Waals surface area contributed by atoms with E-state index in [4.69, 9.17) is 11.6 Å². The van der Waals surface area contributed by atoms with Crippen molar-refractivity contribution >= 4 is 11.6 Å². The van der Waals surface area contributed by atoms with Gasteiger partial charge in [0.15, 0.2) is 0 Å². The highest BCUT2D eigenvalue weighted by Gasteiger charge is 2.15. The van der Waals surface area contributed by atoms with Crippen LogP contribution in [0.4, 0.5) is 0 Å². The third kappa shape index (κ3) is 3.52. The number of nitriles is 1. The molecule has 0 aliphatic carbocycles. The lowest BCUT2D eigenvalue weighted by Crippen LogP contribution is -2.24. The lowest BCUT2D eigenvalue weighted by Gasteiger charge is -2.22. The Balaban J connectivity index is 2.74. The van der Waals surface area contributed by atoms with Gasteiger partial charge in [0.2, 0.25) is 0 Å². The summed E-state index contributed by atoms with van der Waals surface area (Å²) in [6.07, 6.45) is 2.26. The maximum atomic E-state index is 9.19. The number of halogens is 1. The lowest BCUT2D eigenvalue weighted by atomic mass is 10.1. The summed E-state index contributed by atoms with van der Waals surface area (Å²) in [6, 6.07) is 9.64. The van der Waals surface area contributed by atoms with Crippen molar-refractivity contribution < 1.29 is 0 Å². The van der Waals surface area contributed by atoms with Crippen molar-refractivity contribution in [3.63, 3.8) is 0 Å². The Labute approximate surface area is 102 Å². The van der Waals surface area contributed by atoms with Gasteiger partial charge in [0.25, 0.3) is 0 Å². The van der Waals surface area contributed by atoms with Crippen LogP contribution in [0.3, 0.4) is 0 Å². The van der Waals surface area contributed by atoms with E-state index in [1.807, 2.05) is 31.3 Å². The summed E-state index contributed by atoms with van der Waals surface area (Å²) in [4.78, 5) is 2.08. The van der Waals surface area contributed by atoms with Crippen LogP contribution in [-0.2, 0) is 0 Å². The topological polar surface area (TPSA) is 27.0 Å². The minimum atomic E-state index is -0.177. The Morgan fingerprint density at radius 1 is 1.38 bits per heavy atom. The molecule has 0 saturated heterocycles. The number of rotatable bonds is 5. The Morgan fingerprint density at radius 3 is 2.50 bits per heavy atom. The predicted molar refractivity (Wildman–Crippen MR) is 67.3 cm³/mol. The summed E-state index contributed by atoms with van der Waals surface area (Å²) in [6.45, 7) is 3.09. The molecule has 1 aromatic rings. The summed E-state index contributed by atoms with van der Waals surface area (Å²) in [5, 5.41) is 9.90. The molecule has 1 aromatic carbocycles. The zero-order valence-electron chi connectivity index (χ0n) is 9.78. The van der Waals surface area contributed by atoms with Crippen LogP contribution in [0.5, 0.6) is 0 Å². The normalized spacial score (nSPS) is 12.4. The molecule has 16 heavy (non-hydrogen) atoms. The van der Waals surface area contributed by atoms with E-state index in [2.05, 4.69) is 17.9 Å². The van der Waals surface area contributed by atoms with Crippen LogP contribution < -0.4 is 0 Å². The van der Waals surface area contributed by atoms with Gasteiger partial charge in [0.05, 0.1) is 6.07 Å². The lowest BCUT2D eigenvalue weighted by molar-refractivity contribution is 0.287. The second-order valence-electron chi connectivity index (χ2n) is 3.92. The first-order valence-corrected chi connectivity index (χ1v) is 5.92. The number of hydrogen-bond donors (Lipinski definition) is 0. The van der Waals surface area contributed by atoms with Crippen molar-refractivity contribution in [2.24, 2.45) is 0 Å². The molecule has 0 radical (unpaired) electrons. The molecule has 0 fully saturated rings. The van der Waals surface area contributed by atoms with E-state index in [-0.39, 0.29) is 6.04 Å². The number of hydrogen-bond acceptors (Lipinski definition) is 2. The summed E-state index contributed by atoms with van der Waals surface area (Å²) < 4.78 is 0. The van der Waals surface area contributed by atoms with Gasteiger partial charge in [-0.25, -0.2) is 0 Å². The van der Waals surface area contributed by atoms with Crippen LogP contribution in [0.1, 0.15) is 31.4 Å². The molecule has 86 valence electrons. The summed E-state index contributed by atoms with van der Waals surface area (Å²) >= 11 is 5.83. The minimum Gasteiger partial charge on any atom is -0.287 e. The second kappa shape index (κ2) is 6.52. The van der Waals surface area contributed by atoms with E-state index in [9.17, 15) is 5.26 Å². The fraction of sp³-hybridized carbons (Fsp3) is 0.462. The predicted octanol–water partition coefficient (Wildman–Crippen LogP) is 3.64. The van der Waals surface area contributed by atoms with Crippen molar-refractivity contribution in [3.8, 4) is 6.07 Å². The van der Waals surface area contributed by atoms with Crippen LogP contribution >= 0.6 is 11.6 Å². The SMILES string of the molecule is CCCCN(C)C(C#N)c1ccc(Cl)cc1. The second-order valence-corrected chi connectivity index (χ2v) is 4.35. The smallest absolute Gasteiger partial charge is 0.123 e. The number of nitrogens with zero attached hydrogens (tertiary/aromatic N) is 2. The van der Waals surface area contributed by atoms with Crippen molar-refractivity contribution in [1.29, 1.82) is 5.26 Å². The largest absolute Gasteiger partial charge is 0.287 e. The number of unbranched alkanes of at least 4 members (excludes halogenated alkanes) is 1. The van der Waals surface area contributed by atoms with Crippen LogP contribution in [0.15, 0.2) is 24.3 Å². The molecule has 0 aliphatic rings. The first-order valence-electron chi connectivity index (χ1n) is 5.54. The third-order valence-corrected chi connectivity index (χ3v) is 2.87. The molecule has 0 amide bonds. The Hall–Kier alpha value is -1.04. The van der Waals surface area contributed by atoms with Gasteiger partial charge < -0.3 is 0 Å². The quantitative estimate of drug-likeness (QED) is 0.781. The van der Waals surface area contributed by atoms with Gasteiger partial charge >= 0.3 is 0 Å². The van der Waals surface area contributed by atoms with Crippen LogP contribution in [0, 0.1) is 11.3 Å². The van der Waals surface area contributed by atoms with Crippen molar-refractivity contribution in [2.75, 3.05) is 13.6 Å². The van der Waals surface area contributed by atoms with Gasteiger partial charge in [-0.05, 0) is 37.7 Å². The van der Waals surface area contributed by atoms with Gasteiger partial charge in [-0.2, -0.15) is 5.26 Å². The Bertz CT molecular complexity index is 353. The highest BCUT2D eigenvalue weighted by molar-refractivity contribution is 6.30. The molecule has 0 bridgehead atoms. The molecule has 0 aromatic heterocycles. The highest BCUT2D eigenvalue weighted by atomic mass is 35.5. The fourth-order valence-electron chi connectivity index (χ4n) is 1.61. The van der Waals surface area contributed by atoms with E-state index >= 15 is 0 Å². The molecular weight excluding hydrogens is 220 g/mol. The fourth-order valence-corrected chi connectivity index (χ4v) is 1.74. The van der Waals surface area contributed by atoms with Crippen molar-refractivity contribution in [3.05, 3.63) is 34.9 Å². The molecule has 0 N–H and O–H groups in total. The van der Waals surface area contributed by atoms with E-state index < -0.39 is 0 Å². The van der Waals surface area contributed by atoms with E-state index in [1.54, 1.807) is 0 Å². The molecule has 0 heterocycles. The average molecular weight is 237 g/mol. The van der Waals surface area contributed by atoms with Crippen LogP contribution in [-0.4, -0.2) is 18.5 Å². The van der Waals surface area contributed by atoms with Gasteiger partial charge in [0.1, 0.15) is 6.04 Å². The molecule has 0 spiro atoms. The Morgan fingerprint density at radius 2 is 2.00 bits per heavy atom. The average Bonchev–Trinajstić information content (AvgIpc) is 2.30.